The molecule has 1 aliphatic heterocycles. The Bertz CT molecular complexity index is 825. The van der Waals surface area contributed by atoms with Crippen molar-refractivity contribution in [1.82, 2.24) is 0 Å². The molecule has 0 saturated heterocycles. The lowest BCUT2D eigenvalue weighted by Gasteiger charge is -2.22. The molecule has 4 rings (SSSR count). The Morgan fingerprint density at radius 2 is 1.52 bits per heavy atom. The van der Waals surface area contributed by atoms with Crippen molar-refractivity contribution < 1.29 is 9.47 Å². The molecule has 0 saturated carbocycles. The van der Waals surface area contributed by atoms with Crippen LogP contribution in [0.2, 0.25) is 0 Å². The van der Waals surface area contributed by atoms with Crippen LogP contribution in [0.3, 0.4) is 0 Å². The van der Waals surface area contributed by atoms with Gasteiger partial charge in [-0.1, -0.05) is 60.7 Å². The fourth-order valence-corrected chi connectivity index (χ4v) is 3.28. The standard InChI is InChI=1S/C23H22O2/c1-3-8-18(9-4-1)14-20-15-22-21(12-7-13-24-22)23(16-20)25-17-19-10-5-2-6-11-19/h1-6,8-11,15-16H,7,12-14,17H2. The van der Waals surface area contributed by atoms with E-state index in [4.69, 9.17) is 9.47 Å². The van der Waals surface area contributed by atoms with E-state index in [9.17, 15) is 0 Å². The summed E-state index contributed by atoms with van der Waals surface area (Å²) in [7, 11) is 0. The normalized spacial score (nSPS) is 13.0. The number of rotatable bonds is 5. The maximum absolute atomic E-state index is 6.19. The van der Waals surface area contributed by atoms with Crippen LogP contribution in [-0.4, -0.2) is 6.61 Å². The van der Waals surface area contributed by atoms with E-state index in [1.165, 1.54) is 22.3 Å². The van der Waals surface area contributed by atoms with Crippen LogP contribution < -0.4 is 9.47 Å². The monoisotopic (exact) mass is 330 g/mol. The Hall–Kier alpha value is -2.74. The maximum atomic E-state index is 6.19. The summed E-state index contributed by atoms with van der Waals surface area (Å²) in [5.74, 6) is 1.95. The van der Waals surface area contributed by atoms with E-state index in [-0.39, 0.29) is 0 Å². The van der Waals surface area contributed by atoms with Crippen molar-refractivity contribution in [1.29, 1.82) is 0 Å². The zero-order chi connectivity index (χ0) is 16.9. The third kappa shape index (κ3) is 3.85. The van der Waals surface area contributed by atoms with Crippen molar-refractivity contribution in [3.63, 3.8) is 0 Å². The maximum Gasteiger partial charge on any atom is 0.126 e. The van der Waals surface area contributed by atoms with E-state index < -0.39 is 0 Å². The minimum atomic E-state index is 0.585. The molecular weight excluding hydrogens is 308 g/mol. The molecule has 0 fully saturated rings. The fourth-order valence-electron chi connectivity index (χ4n) is 3.28. The molecule has 0 bridgehead atoms. The van der Waals surface area contributed by atoms with Gasteiger partial charge in [-0.25, -0.2) is 0 Å². The quantitative estimate of drug-likeness (QED) is 0.641. The first kappa shape index (κ1) is 15.8. The SMILES string of the molecule is c1ccc(COc2cc(Cc3ccccc3)cc3c2CCCO3)cc1. The van der Waals surface area contributed by atoms with Crippen molar-refractivity contribution in [3.8, 4) is 11.5 Å². The molecule has 1 aliphatic rings. The highest BCUT2D eigenvalue weighted by Crippen LogP contribution is 2.35. The van der Waals surface area contributed by atoms with Gasteiger partial charge < -0.3 is 9.47 Å². The van der Waals surface area contributed by atoms with Crippen molar-refractivity contribution in [2.24, 2.45) is 0 Å². The molecule has 126 valence electrons. The van der Waals surface area contributed by atoms with Crippen LogP contribution in [0, 0.1) is 0 Å². The predicted molar refractivity (Wildman–Crippen MR) is 100 cm³/mol. The average molecular weight is 330 g/mol. The Morgan fingerprint density at radius 1 is 0.800 bits per heavy atom. The molecule has 0 N–H and O–H groups in total. The fraction of sp³-hybridized carbons (Fsp3) is 0.217. The molecule has 2 heteroatoms. The van der Waals surface area contributed by atoms with Crippen LogP contribution in [0.25, 0.3) is 0 Å². The van der Waals surface area contributed by atoms with E-state index >= 15 is 0 Å². The van der Waals surface area contributed by atoms with Gasteiger partial charge in [-0.3, -0.25) is 0 Å². The summed E-state index contributed by atoms with van der Waals surface area (Å²) in [6.45, 7) is 1.38. The average Bonchev–Trinajstić information content (AvgIpc) is 2.68. The molecular formula is C23H22O2. The van der Waals surface area contributed by atoms with Crippen LogP contribution in [0.5, 0.6) is 11.5 Å². The van der Waals surface area contributed by atoms with Gasteiger partial charge in [0, 0.05) is 5.56 Å². The second-order valence-corrected chi connectivity index (χ2v) is 6.46. The highest BCUT2D eigenvalue weighted by molar-refractivity contribution is 5.50. The summed E-state index contributed by atoms with van der Waals surface area (Å²) in [6.07, 6.45) is 2.96. The zero-order valence-corrected chi connectivity index (χ0v) is 14.3. The summed E-state index contributed by atoms with van der Waals surface area (Å²) < 4.78 is 12.1. The molecule has 25 heavy (non-hydrogen) atoms. The van der Waals surface area contributed by atoms with Crippen molar-refractivity contribution >= 4 is 0 Å². The first-order valence-corrected chi connectivity index (χ1v) is 8.88. The lowest BCUT2D eigenvalue weighted by Crippen LogP contribution is -2.11. The van der Waals surface area contributed by atoms with E-state index in [1.807, 2.05) is 24.3 Å². The molecule has 0 spiro atoms. The Labute approximate surface area is 149 Å². The van der Waals surface area contributed by atoms with Crippen molar-refractivity contribution in [3.05, 3.63) is 95.1 Å². The van der Waals surface area contributed by atoms with Gasteiger partial charge in [0.05, 0.1) is 6.61 Å². The smallest absolute Gasteiger partial charge is 0.126 e. The second kappa shape index (κ2) is 7.43. The zero-order valence-electron chi connectivity index (χ0n) is 14.3. The summed E-state index contributed by atoms with van der Waals surface area (Å²) >= 11 is 0. The number of benzene rings is 3. The van der Waals surface area contributed by atoms with Gasteiger partial charge in [0.25, 0.3) is 0 Å². The van der Waals surface area contributed by atoms with Gasteiger partial charge in [-0.05, 0) is 48.1 Å². The number of fused-ring (bicyclic) bond motifs is 1. The van der Waals surface area contributed by atoms with Gasteiger partial charge in [0.1, 0.15) is 18.1 Å². The molecule has 3 aromatic rings. The van der Waals surface area contributed by atoms with Gasteiger partial charge in [-0.15, -0.1) is 0 Å². The number of hydrogen-bond acceptors (Lipinski definition) is 2. The molecule has 0 aromatic heterocycles. The van der Waals surface area contributed by atoms with Gasteiger partial charge in [0.2, 0.25) is 0 Å². The summed E-state index contributed by atoms with van der Waals surface area (Å²) in [6, 6.07) is 25.2. The first-order chi connectivity index (χ1) is 12.4. The van der Waals surface area contributed by atoms with Crippen LogP contribution in [0.15, 0.2) is 72.8 Å². The topological polar surface area (TPSA) is 18.5 Å². The second-order valence-electron chi connectivity index (χ2n) is 6.46. The van der Waals surface area contributed by atoms with E-state index in [1.54, 1.807) is 0 Å². The molecule has 0 atom stereocenters. The van der Waals surface area contributed by atoms with E-state index in [2.05, 4.69) is 48.5 Å². The van der Waals surface area contributed by atoms with E-state index in [0.717, 1.165) is 37.4 Å². The Kier molecular flexibility index (Phi) is 4.69. The first-order valence-electron chi connectivity index (χ1n) is 8.88. The summed E-state index contributed by atoms with van der Waals surface area (Å²) in [5, 5.41) is 0. The highest BCUT2D eigenvalue weighted by atomic mass is 16.5. The molecule has 1 heterocycles. The Balaban J connectivity index is 1.60. The highest BCUT2D eigenvalue weighted by Gasteiger charge is 2.17. The van der Waals surface area contributed by atoms with Gasteiger partial charge in [0.15, 0.2) is 0 Å². The predicted octanol–water partition coefficient (Wildman–Crippen LogP) is 5.18. The van der Waals surface area contributed by atoms with Crippen LogP contribution in [0.1, 0.15) is 28.7 Å². The largest absolute Gasteiger partial charge is 0.493 e. The molecule has 2 nitrogen and oxygen atoms in total. The van der Waals surface area contributed by atoms with E-state index in [0.29, 0.717) is 6.61 Å². The van der Waals surface area contributed by atoms with Crippen LogP contribution in [0.4, 0.5) is 0 Å². The lowest BCUT2D eigenvalue weighted by molar-refractivity contribution is 0.267. The number of hydrogen-bond donors (Lipinski definition) is 0. The molecule has 3 aromatic carbocycles. The van der Waals surface area contributed by atoms with Crippen molar-refractivity contribution in [2.45, 2.75) is 25.9 Å². The van der Waals surface area contributed by atoms with Crippen molar-refractivity contribution in [2.75, 3.05) is 6.61 Å². The van der Waals surface area contributed by atoms with Gasteiger partial charge in [-0.2, -0.15) is 0 Å². The summed E-state index contributed by atoms with van der Waals surface area (Å²) in [4.78, 5) is 0. The molecule has 0 aliphatic carbocycles. The molecule has 0 unspecified atom stereocenters. The minimum absolute atomic E-state index is 0.585. The van der Waals surface area contributed by atoms with Crippen LogP contribution >= 0.6 is 0 Å². The lowest BCUT2D eigenvalue weighted by atomic mass is 9.98. The third-order valence-electron chi connectivity index (χ3n) is 4.54. The van der Waals surface area contributed by atoms with Crippen LogP contribution in [-0.2, 0) is 19.4 Å². The third-order valence-corrected chi connectivity index (χ3v) is 4.54. The summed E-state index contributed by atoms with van der Waals surface area (Å²) in [5.41, 5.74) is 4.92. The molecule has 0 amide bonds. The minimum Gasteiger partial charge on any atom is -0.493 e. The number of ether oxygens (including phenoxy) is 2. The van der Waals surface area contributed by atoms with Gasteiger partial charge >= 0.3 is 0 Å². The molecule has 0 radical (unpaired) electrons. The Morgan fingerprint density at radius 3 is 2.28 bits per heavy atom.